The maximum atomic E-state index is 11.8. The number of carbonyl (C=O) groups is 1. The van der Waals surface area contributed by atoms with Crippen molar-refractivity contribution >= 4 is 28.9 Å². The summed E-state index contributed by atoms with van der Waals surface area (Å²) in [7, 11) is 2.96. The molecule has 0 aromatic carbocycles. The Labute approximate surface area is 235 Å². The fourth-order valence-corrected chi connectivity index (χ4v) is 5.29. The van der Waals surface area contributed by atoms with Crippen molar-refractivity contribution in [2.75, 3.05) is 44.5 Å². The molecule has 3 N–H and O–H groups in total. The summed E-state index contributed by atoms with van der Waals surface area (Å²) in [6.45, 7) is 9.17. The van der Waals surface area contributed by atoms with E-state index in [0.717, 1.165) is 55.8 Å². The summed E-state index contributed by atoms with van der Waals surface area (Å²) in [5.41, 5.74) is 3.19. The van der Waals surface area contributed by atoms with Gasteiger partial charge in [0.15, 0.2) is 5.82 Å². The van der Waals surface area contributed by atoms with Crippen LogP contribution in [0.4, 0.5) is 16.6 Å². The first-order valence-corrected chi connectivity index (χ1v) is 14.1. The largest absolute Gasteiger partial charge is 0.496 e. The van der Waals surface area contributed by atoms with E-state index in [1.165, 1.54) is 7.11 Å². The second-order valence-electron chi connectivity index (χ2n) is 10.5. The molecule has 1 atom stereocenters. The Morgan fingerprint density at radius 1 is 1.18 bits per heavy atom. The van der Waals surface area contributed by atoms with Crippen molar-refractivity contribution < 1.29 is 19.4 Å². The number of likely N-dealkylation sites (tertiary alicyclic amines) is 1. The van der Waals surface area contributed by atoms with Crippen LogP contribution in [0.25, 0.3) is 11.0 Å². The molecule has 4 heterocycles. The average molecular weight is 555 g/mol. The van der Waals surface area contributed by atoms with E-state index in [2.05, 4.69) is 57.4 Å². The van der Waals surface area contributed by atoms with Crippen LogP contribution in [0.15, 0.2) is 18.5 Å². The summed E-state index contributed by atoms with van der Waals surface area (Å²) < 4.78 is 12.3. The molecule has 12 nitrogen and oxygen atoms in total. The summed E-state index contributed by atoms with van der Waals surface area (Å²) >= 11 is 0. The number of methoxy groups -OCH3 is 2. The molecule has 1 amide bonds. The molecule has 0 bridgehead atoms. The molecular weight excluding hydrogens is 512 g/mol. The molecule has 0 saturated carbocycles. The molecule has 1 aliphatic heterocycles. The van der Waals surface area contributed by atoms with Crippen molar-refractivity contribution in [1.29, 1.82) is 0 Å². The molecule has 0 radical (unpaired) electrons. The van der Waals surface area contributed by atoms with Gasteiger partial charge in [-0.15, -0.1) is 0 Å². The Morgan fingerprint density at radius 3 is 2.60 bits per heavy atom. The fraction of sp³-hybridized carbons (Fsp3) is 0.607. The number of anilines is 2. The number of aromatic nitrogens is 5. The van der Waals surface area contributed by atoms with E-state index in [4.69, 9.17) is 14.5 Å². The molecule has 1 saturated heterocycles. The van der Waals surface area contributed by atoms with Crippen LogP contribution in [0, 0.1) is 0 Å². The predicted octanol–water partition coefficient (Wildman–Crippen LogP) is 4.01. The number of carbonyl (C=O) groups excluding carboxylic acids is 1. The van der Waals surface area contributed by atoms with Crippen LogP contribution in [-0.2, 0) is 11.3 Å². The van der Waals surface area contributed by atoms with Crippen molar-refractivity contribution in [2.45, 2.75) is 77.4 Å². The van der Waals surface area contributed by atoms with Gasteiger partial charge in [0.2, 0.25) is 5.95 Å². The van der Waals surface area contributed by atoms with E-state index in [9.17, 15) is 9.90 Å². The zero-order valence-electron chi connectivity index (χ0n) is 24.2. The lowest BCUT2D eigenvalue weighted by atomic mass is 9.92. The highest BCUT2D eigenvalue weighted by atomic mass is 16.5. The molecule has 40 heavy (non-hydrogen) atoms. The Bertz CT molecular complexity index is 1270. The van der Waals surface area contributed by atoms with Gasteiger partial charge < -0.3 is 24.8 Å². The third-order valence-electron chi connectivity index (χ3n) is 7.53. The van der Waals surface area contributed by atoms with E-state index >= 15 is 0 Å². The monoisotopic (exact) mass is 554 g/mol. The van der Waals surface area contributed by atoms with E-state index in [-0.39, 0.29) is 18.6 Å². The van der Waals surface area contributed by atoms with Crippen molar-refractivity contribution in [3.05, 3.63) is 29.7 Å². The summed E-state index contributed by atoms with van der Waals surface area (Å²) in [6, 6.07) is 2.61. The topological polar surface area (TPSA) is 140 Å². The van der Waals surface area contributed by atoms with Gasteiger partial charge in [-0.05, 0) is 52.6 Å². The van der Waals surface area contributed by atoms with Crippen LogP contribution >= 0.6 is 0 Å². The van der Waals surface area contributed by atoms with E-state index < -0.39 is 6.09 Å². The fourth-order valence-electron chi connectivity index (χ4n) is 5.29. The van der Waals surface area contributed by atoms with Crippen molar-refractivity contribution in [3.8, 4) is 5.75 Å². The molecule has 1 aliphatic rings. The molecule has 3 aromatic heterocycles. The number of aliphatic hydroxyl groups is 1. The smallest absolute Gasteiger partial charge is 0.413 e. The van der Waals surface area contributed by atoms with Gasteiger partial charge in [-0.3, -0.25) is 15.0 Å². The number of nitrogens with one attached hydrogen (secondary N) is 2. The first-order valence-electron chi connectivity index (χ1n) is 14.1. The quantitative estimate of drug-likeness (QED) is 0.301. The van der Waals surface area contributed by atoms with Crippen LogP contribution in [-0.4, -0.2) is 86.8 Å². The maximum Gasteiger partial charge on any atom is 0.413 e. The zero-order chi connectivity index (χ0) is 28.6. The Hall–Kier alpha value is -3.51. The number of nitrogens with zero attached hydrogens (tertiary/aromatic N) is 6. The summed E-state index contributed by atoms with van der Waals surface area (Å²) in [6.07, 6.45) is 7.36. The van der Waals surface area contributed by atoms with Gasteiger partial charge in [0, 0.05) is 48.1 Å². The zero-order valence-corrected chi connectivity index (χ0v) is 24.2. The maximum absolute atomic E-state index is 11.8. The summed E-state index contributed by atoms with van der Waals surface area (Å²) in [4.78, 5) is 28.3. The highest BCUT2D eigenvalue weighted by Gasteiger charge is 2.24. The lowest BCUT2D eigenvalue weighted by Crippen LogP contribution is -2.38. The number of fused-ring (bicyclic) bond motifs is 1. The molecule has 0 aliphatic carbocycles. The SMILES string of the molecule is CCC[C@@H](CCO)Nc1nc(NC(=O)OC)nc2cnn(Cc3cnc(C4CCN(C(C)C)CC4)cc3OC)c12. The molecular formula is C28H42N8O4. The molecule has 12 heteroatoms. The second-order valence-corrected chi connectivity index (χ2v) is 10.5. The minimum atomic E-state index is -0.663. The molecule has 0 unspecified atom stereocenters. The average Bonchev–Trinajstić information content (AvgIpc) is 3.36. The summed E-state index contributed by atoms with van der Waals surface area (Å²) in [5, 5.41) is 20.2. The van der Waals surface area contributed by atoms with E-state index in [0.29, 0.717) is 41.8 Å². The molecule has 218 valence electrons. The van der Waals surface area contributed by atoms with Gasteiger partial charge in [0.1, 0.15) is 16.8 Å². The Kier molecular flexibility index (Phi) is 10.1. The Balaban J connectivity index is 1.64. The normalized spacial score (nSPS) is 15.4. The van der Waals surface area contributed by atoms with Gasteiger partial charge in [0.05, 0.1) is 27.0 Å². The number of ether oxygens (including phenoxy) is 2. The number of hydrogen-bond donors (Lipinski definition) is 3. The third-order valence-corrected chi connectivity index (χ3v) is 7.53. The number of pyridine rings is 1. The van der Waals surface area contributed by atoms with Gasteiger partial charge >= 0.3 is 6.09 Å². The minimum Gasteiger partial charge on any atom is -0.496 e. The van der Waals surface area contributed by atoms with Crippen molar-refractivity contribution in [2.24, 2.45) is 0 Å². The van der Waals surface area contributed by atoms with Gasteiger partial charge in [0.25, 0.3) is 0 Å². The molecule has 1 fully saturated rings. The number of aliphatic hydroxyl groups excluding tert-OH is 1. The number of rotatable bonds is 12. The lowest BCUT2D eigenvalue weighted by molar-refractivity contribution is 0.170. The molecule has 3 aromatic rings. The van der Waals surface area contributed by atoms with Crippen LogP contribution in [0.1, 0.15) is 70.1 Å². The minimum absolute atomic E-state index is 0.0139. The highest BCUT2D eigenvalue weighted by Crippen LogP contribution is 2.32. The standard InChI is InChI=1S/C28H42N8O4/c1-6-7-21(10-13-37)31-26-25-23(32-27(33-26)34-28(38)40-5)16-30-36(25)17-20-15-29-22(14-24(20)39-4)19-8-11-35(12-9-19)18(2)3/h14-16,18-19,21,37H,6-13,17H2,1-5H3,(H2,31,32,33,34,38)/t21-/m0/s1. The van der Waals surface area contributed by atoms with Crippen LogP contribution < -0.4 is 15.4 Å². The Morgan fingerprint density at radius 2 is 1.95 bits per heavy atom. The van der Waals surface area contributed by atoms with Crippen molar-refractivity contribution in [1.82, 2.24) is 29.6 Å². The van der Waals surface area contributed by atoms with Gasteiger partial charge in [-0.25, -0.2) is 9.78 Å². The first-order chi connectivity index (χ1) is 19.4. The molecule has 4 rings (SSSR count). The second kappa shape index (κ2) is 13.7. The predicted molar refractivity (Wildman–Crippen MR) is 154 cm³/mol. The van der Waals surface area contributed by atoms with Crippen LogP contribution in [0.2, 0.25) is 0 Å². The summed E-state index contributed by atoms with van der Waals surface area (Å²) in [5.74, 6) is 1.80. The van der Waals surface area contributed by atoms with E-state index in [1.54, 1.807) is 13.3 Å². The van der Waals surface area contributed by atoms with Gasteiger partial charge in [-0.2, -0.15) is 10.1 Å². The van der Waals surface area contributed by atoms with Crippen LogP contribution in [0.3, 0.4) is 0 Å². The lowest BCUT2D eigenvalue weighted by Gasteiger charge is -2.34. The number of amides is 1. The molecule has 0 spiro atoms. The number of piperidine rings is 1. The van der Waals surface area contributed by atoms with E-state index in [1.807, 2.05) is 10.9 Å². The van der Waals surface area contributed by atoms with Gasteiger partial charge in [-0.1, -0.05) is 13.3 Å². The first kappa shape index (κ1) is 29.5. The van der Waals surface area contributed by atoms with Crippen molar-refractivity contribution in [3.63, 3.8) is 0 Å². The van der Waals surface area contributed by atoms with Crippen LogP contribution in [0.5, 0.6) is 5.75 Å². The number of hydrogen-bond acceptors (Lipinski definition) is 10. The highest BCUT2D eigenvalue weighted by molar-refractivity contribution is 5.89. The third kappa shape index (κ3) is 6.97.